The number of aliphatic hydroxyl groups excluding tert-OH is 1. The fraction of sp³-hybridized carbons (Fsp3) is 0.273. The Morgan fingerprint density at radius 1 is 1.07 bits per heavy atom. The van der Waals surface area contributed by atoms with E-state index in [1.807, 2.05) is 49.3 Å². The van der Waals surface area contributed by atoms with Crippen LogP contribution in [-0.4, -0.2) is 60.9 Å². The molecule has 1 N–H and O–H groups in total. The third-order valence-electron chi connectivity index (χ3n) is 4.81. The van der Waals surface area contributed by atoms with Gasteiger partial charge in [0, 0.05) is 18.7 Å². The van der Waals surface area contributed by atoms with Gasteiger partial charge in [0.1, 0.15) is 11.5 Å². The molecule has 3 rings (SSSR count). The van der Waals surface area contributed by atoms with Crippen LogP contribution in [0.4, 0.5) is 0 Å². The van der Waals surface area contributed by atoms with Gasteiger partial charge in [0.2, 0.25) is 0 Å². The molecular formula is C22H24N2O4. The van der Waals surface area contributed by atoms with Crippen molar-refractivity contribution in [1.29, 1.82) is 0 Å². The van der Waals surface area contributed by atoms with Crippen LogP contribution in [0.15, 0.2) is 60.2 Å². The molecule has 2 aromatic carbocycles. The number of ether oxygens (including phenoxy) is 1. The molecule has 2 aromatic rings. The predicted octanol–water partition coefficient (Wildman–Crippen LogP) is 2.68. The van der Waals surface area contributed by atoms with E-state index in [0.717, 1.165) is 5.56 Å². The van der Waals surface area contributed by atoms with Crippen molar-refractivity contribution in [2.24, 2.45) is 0 Å². The second kappa shape index (κ2) is 8.27. The summed E-state index contributed by atoms with van der Waals surface area (Å²) in [4.78, 5) is 29.1. The molecule has 6 heteroatoms. The molecule has 1 aliphatic heterocycles. The normalized spacial score (nSPS) is 18.7. The van der Waals surface area contributed by atoms with Crippen LogP contribution < -0.4 is 4.74 Å². The maximum atomic E-state index is 12.8. The van der Waals surface area contributed by atoms with E-state index in [0.29, 0.717) is 24.4 Å². The molecule has 6 nitrogen and oxygen atoms in total. The summed E-state index contributed by atoms with van der Waals surface area (Å²) >= 11 is 0. The van der Waals surface area contributed by atoms with Gasteiger partial charge in [0.05, 0.1) is 18.7 Å². The average Bonchev–Trinajstić information content (AvgIpc) is 2.97. The summed E-state index contributed by atoms with van der Waals surface area (Å²) in [5.41, 5.74) is 1.36. The Morgan fingerprint density at radius 2 is 1.71 bits per heavy atom. The van der Waals surface area contributed by atoms with E-state index in [-0.39, 0.29) is 11.3 Å². The van der Waals surface area contributed by atoms with Crippen LogP contribution in [-0.2, 0) is 9.59 Å². The number of carbonyl (C=O) groups excluding carboxylic acids is 2. The summed E-state index contributed by atoms with van der Waals surface area (Å²) < 4.78 is 5.14. The number of hydrogen-bond donors (Lipinski definition) is 1. The van der Waals surface area contributed by atoms with Crippen LogP contribution in [0.3, 0.4) is 0 Å². The van der Waals surface area contributed by atoms with Gasteiger partial charge >= 0.3 is 0 Å². The Bertz CT molecular complexity index is 889. The van der Waals surface area contributed by atoms with Crippen LogP contribution in [0.2, 0.25) is 0 Å². The largest absolute Gasteiger partial charge is 0.507 e. The zero-order valence-electron chi connectivity index (χ0n) is 16.3. The van der Waals surface area contributed by atoms with E-state index in [1.165, 1.54) is 4.90 Å². The molecule has 0 bridgehead atoms. The molecule has 0 saturated carbocycles. The van der Waals surface area contributed by atoms with Crippen LogP contribution in [0.1, 0.15) is 17.2 Å². The zero-order chi connectivity index (χ0) is 20.3. The van der Waals surface area contributed by atoms with E-state index in [1.54, 1.807) is 31.4 Å². The molecule has 1 atom stereocenters. The van der Waals surface area contributed by atoms with Gasteiger partial charge in [-0.1, -0.05) is 30.3 Å². The van der Waals surface area contributed by atoms with Crippen molar-refractivity contribution >= 4 is 17.4 Å². The fourth-order valence-electron chi connectivity index (χ4n) is 3.30. The number of ketones is 1. The Kier molecular flexibility index (Phi) is 5.80. The number of rotatable bonds is 6. The molecule has 0 unspecified atom stereocenters. The highest BCUT2D eigenvalue weighted by molar-refractivity contribution is 6.46. The molecule has 1 saturated heterocycles. The molecule has 0 aliphatic carbocycles. The number of benzene rings is 2. The first-order valence-electron chi connectivity index (χ1n) is 9.06. The van der Waals surface area contributed by atoms with Crippen LogP contribution in [0, 0.1) is 0 Å². The molecule has 1 amide bonds. The van der Waals surface area contributed by atoms with E-state index < -0.39 is 17.7 Å². The number of carbonyl (C=O) groups is 2. The molecule has 0 spiro atoms. The Labute approximate surface area is 164 Å². The van der Waals surface area contributed by atoms with Gasteiger partial charge in [-0.15, -0.1) is 0 Å². The molecular weight excluding hydrogens is 356 g/mol. The lowest BCUT2D eigenvalue weighted by Crippen LogP contribution is -2.35. The van der Waals surface area contributed by atoms with Crippen molar-refractivity contribution < 1.29 is 19.4 Å². The molecule has 146 valence electrons. The third kappa shape index (κ3) is 3.77. The summed E-state index contributed by atoms with van der Waals surface area (Å²) in [7, 11) is 5.37. The van der Waals surface area contributed by atoms with Crippen molar-refractivity contribution in [3.8, 4) is 5.75 Å². The topological polar surface area (TPSA) is 70.1 Å². The number of aliphatic hydroxyl groups is 1. The van der Waals surface area contributed by atoms with Crippen molar-refractivity contribution in [2.45, 2.75) is 6.04 Å². The van der Waals surface area contributed by atoms with E-state index in [9.17, 15) is 14.7 Å². The summed E-state index contributed by atoms with van der Waals surface area (Å²) in [6.07, 6.45) is 0. The van der Waals surface area contributed by atoms with E-state index >= 15 is 0 Å². The van der Waals surface area contributed by atoms with Crippen molar-refractivity contribution in [3.05, 3.63) is 71.3 Å². The standard InChI is InChI=1S/C22H24N2O4/c1-23(2)13-14-24-19(15-7-5-4-6-8-15)18(21(26)22(24)27)20(25)16-9-11-17(28-3)12-10-16/h4-12,19,25H,13-14H2,1-3H3/t19-/m0/s1. The third-order valence-corrected chi connectivity index (χ3v) is 4.81. The summed E-state index contributed by atoms with van der Waals surface area (Å²) in [6, 6.07) is 15.4. The smallest absolute Gasteiger partial charge is 0.295 e. The lowest BCUT2D eigenvalue weighted by molar-refractivity contribution is -0.140. The van der Waals surface area contributed by atoms with Gasteiger partial charge in [-0.25, -0.2) is 0 Å². The number of amides is 1. The second-order valence-electron chi connectivity index (χ2n) is 6.93. The highest BCUT2D eigenvalue weighted by atomic mass is 16.5. The lowest BCUT2D eigenvalue weighted by Gasteiger charge is -2.26. The molecule has 1 heterocycles. The fourth-order valence-corrected chi connectivity index (χ4v) is 3.30. The molecule has 28 heavy (non-hydrogen) atoms. The second-order valence-corrected chi connectivity index (χ2v) is 6.93. The van der Waals surface area contributed by atoms with E-state index in [4.69, 9.17) is 4.74 Å². The van der Waals surface area contributed by atoms with Gasteiger partial charge < -0.3 is 19.6 Å². The highest BCUT2D eigenvalue weighted by Gasteiger charge is 2.45. The number of likely N-dealkylation sites (tertiary alicyclic amines) is 1. The predicted molar refractivity (Wildman–Crippen MR) is 107 cm³/mol. The van der Waals surface area contributed by atoms with E-state index in [2.05, 4.69) is 0 Å². The minimum Gasteiger partial charge on any atom is -0.507 e. The molecule has 0 radical (unpaired) electrons. The van der Waals surface area contributed by atoms with Gasteiger partial charge in [0.25, 0.3) is 11.7 Å². The Balaban J connectivity index is 2.10. The number of Topliss-reactive ketones (excluding diaryl/α,β-unsaturated/α-hetero) is 1. The minimum absolute atomic E-state index is 0.111. The van der Waals surface area contributed by atoms with Gasteiger partial charge in [-0.05, 0) is 43.9 Å². The van der Waals surface area contributed by atoms with Crippen molar-refractivity contribution in [3.63, 3.8) is 0 Å². The number of likely N-dealkylation sites (N-methyl/N-ethyl adjacent to an activating group) is 1. The van der Waals surface area contributed by atoms with Gasteiger partial charge in [-0.2, -0.15) is 0 Å². The van der Waals surface area contributed by atoms with Gasteiger partial charge in [-0.3, -0.25) is 9.59 Å². The zero-order valence-corrected chi connectivity index (χ0v) is 16.3. The summed E-state index contributed by atoms with van der Waals surface area (Å²) in [6.45, 7) is 0.995. The van der Waals surface area contributed by atoms with Gasteiger partial charge in [0.15, 0.2) is 0 Å². The highest BCUT2D eigenvalue weighted by Crippen LogP contribution is 2.39. The summed E-state index contributed by atoms with van der Waals surface area (Å²) in [5.74, 6) is -0.795. The number of methoxy groups -OCH3 is 1. The minimum atomic E-state index is -0.666. The first kappa shape index (κ1) is 19.6. The maximum absolute atomic E-state index is 12.8. The SMILES string of the molecule is COc1ccc(C(O)=C2C(=O)C(=O)N(CCN(C)C)[C@H]2c2ccccc2)cc1. The molecule has 1 fully saturated rings. The van der Waals surface area contributed by atoms with Crippen LogP contribution in [0.25, 0.3) is 5.76 Å². The summed E-state index contributed by atoms with van der Waals surface area (Å²) in [5, 5.41) is 10.9. The van der Waals surface area contributed by atoms with Crippen LogP contribution in [0.5, 0.6) is 5.75 Å². The van der Waals surface area contributed by atoms with Crippen molar-refractivity contribution in [1.82, 2.24) is 9.80 Å². The Morgan fingerprint density at radius 3 is 2.29 bits per heavy atom. The quantitative estimate of drug-likeness (QED) is 0.474. The Hall–Kier alpha value is -3.12. The number of nitrogens with zero attached hydrogens (tertiary/aromatic N) is 2. The first-order valence-corrected chi connectivity index (χ1v) is 9.06. The van der Waals surface area contributed by atoms with Crippen LogP contribution >= 0.6 is 0 Å². The first-order chi connectivity index (χ1) is 13.4. The average molecular weight is 380 g/mol. The lowest BCUT2D eigenvalue weighted by atomic mass is 9.95. The molecule has 0 aromatic heterocycles. The maximum Gasteiger partial charge on any atom is 0.295 e. The number of hydrogen-bond acceptors (Lipinski definition) is 5. The van der Waals surface area contributed by atoms with Crippen molar-refractivity contribution in [2.75, 3.05) is 34.3 Å². The molecule has 1 aliphatic rings. The monoisotopic (exact) mass is 380 g/mol.